The van der Waals surface area contributed by atoms with Crippen molar-refractivity contribution in [2.75, 3.05) is 13.2 Å². The molecular formula is C10H16N6O. The highest BCUT2D eigenvalue weighted by Crippen LogP contribution is 1.93. The van der Waals surface area contributed by atoms with Crippen LogP contribution >= 0.6 is 0 Å². The number of nitrogens with one attached hydrogen (secondary N) is 2. The maximum absolute atomic E-state index is 8.73. The summed E-state index contributed by atoms with van der Waals surface area (Å²) in [5.41, 5.74) is 0.873. The van der Waals surface area contributed by atoms with Crippen molar-refractivity contribution in [2.24, 2.45) is 0 Å². The molecule has 92 valence electrons. The topological polar surface area (TPSA) is 91.7 Å². The van der Waals surface area contributed by atoms with Gasteiger partial charge in [0.15, 0.2) is 0 Å². The Kier molecular flexibility index (Phi) is 4.23. The van der Waals surface area contributed by atoms with Gasteiger partial charge in [-0.25, -0.2) is 9.67 Å². The molecule has 3 N–H and O–H groups in total. The Bertz CT molecular complexity index is 424. The zero-order valence-electron chi connectivity index (χ0n) is 9.50. The molecule has 17 heavy (non-hydrogen) atoms. The predicted molar refractivity (Wildman–Crippen MR) is 61.1 cm³/mol. The lowest BCUT2D eigenvalue weighted by Crippen LogP contribution is -2.17. The molecule has 0 aliphatic rings. The van der Waals surface area contributed by atoms with Gasteiger partial charge in [-0.1, -0.05) is 5.21 Å². The van der Waals surface area contributed by atoms with Gasteiger partial charge in [0.2, 0.25) is 0 Å². The number of H-pyrrole nitrogens is 1. The van der Waals surface area contributed by atoms with Crippen LogP contribution in [0.1, 0.15) is 11.5 Å². The molecule has 0 aromatic carbocycles. The molecule has 7 nitrogen and oxygen atoms in total. The molecule has 0 fully saturated rings. The minimum absolute atomic E-state index is 0.0781. The Balaban J connectivity index is 1.67. The molecule has 0 bridgehead atoms. The fraction of sp³-hybridized carbons (Fsp3) is 0.500. The smallest absolute Gasteiger partial charge is 0.107 e. The SMILES string of the molecule is OCCn1cc(CNCCc2ncc[nH]2)nn1. The maximum Gasteiger partial charge on any atom is 0.107 e. The lowest BCUT2D eigenvalue weighted by molar-refractivity contribution is 0.268. The number of aliphatic hydroxyl groups is 1. The van der Waals surface area contributed by atoms with Crippen LogP contribution in [0.5, 0.6) is 0 Å². The van der Waals surface area contributed by atoms with Crippen LogP contribution in [0, 0.1) is 0 Å². The van der Waals surface area contributed by atoms with Crippen LogP contribution in [0.3, 0.4) is 0 Å². The highest BCUT2D eigenvalue weighted by atomic mass is 16.3. The number of aromatic nitrogens is 5. The standard InChI is InChI=1S/C10H16N6O/c17-6-5-16-8-9(14-15-16)7-11-2-1-10-12-3-4-13-10/h3-4,8,11,17H,1-2,5-7H2,(H,12,13). The van der Waals surface area contributed by atoms with Crippen LogP contribution < -0.4 is 5.32 Å². The molecule has 0 atom stereocenters. The molecule has 7 heteroatoms. The van der Waals surface area contributed by atoms with Crippen LogP contribution in [0.15, 0.2) is 18.6 Å². The number of rotatable bonds is 7. The molecule has 2 rings (SSSR count). The van der Waals surface area contributed by atoms with Gasteiger partial charge < -0.3 is 15.4 Å². The van der Waals surface area contributed by atoms with Gasteiger partial charge in [0.05, 0.1) is 18.8 Å². The van der Waals surface area contributed by atoms with Crippen molar-refractivity contribution >= 4 is 0 Å². The summed E-state index contributed by atoms with van der Waals surface area (Å²) in [5.74, 6) is 0.974. The van der Waals surface area contributed by atoms with E-state index in [4.69, 9.17) is 5.11 Å². The van der Waals surface area contributed by atoms with E-state index in [-0.39, 0.29) is 6.61 Å². The average molecular weight is 236 g/mol. The highest BCUT2D eigenvalue weighted by molar-refractivity contribution is 4.92. The second kappa shape index (κ2) is 6.12. The number of hydrogen-bond donors (Lipinski definition) is 3. The summed E-state index contributed by atoms with van der Waals surface area (Å²) in [6.07, 6.45) is 6.25. The van der Waals surface area contributed by atoms with Crippen molar-refractivity contribution in [1.82, 2.24) is 30.3 Å². The second-order valence-electron chi connectivity index (χ2n) is 3.66. The largest absolute Gasteiger partial charge is 0.394 e. The maximum atomic E-state index is 8.73. The highest BCUT2D eigenvalue weighted by Gasteiger charge is 2.00. The summed E-state index contributed by atoms with van der Waals surface area (Å²) in [5, 5.41) is 19.9. The summed E-state index contributed by atoms with van der Waals surface area (Å²) in [6.45, 7) is 2.07. The van der Waals surface area contributed by atoms with E-state index >= 15 is 0 Å². The van der Waals surface area contributed by atoms with E-state index < -0.39 is 0 Å². The third-order valence-electron chi connectivity index (χ3n) is 2.31. The lowest BCUT2D eigenvalue weighted by atomic mass is 10.4. The Morgan fingerprint density at radius 3 is 3.18 bits per heavy atom. The van der Waals surface area contributed by atoms with E-state index in [1.807, 2.05) is 12.4 Å². The molecule has 0 saturated carbocycles. The molecule has 2 aromatic rings. The van der Waals surface area contributed by atoms with Gasteiger partial charge in [0, 0.05) is 38.1 Å². The second-order valence-corrected chi connectivity index (χ2v) is 3.66. The van der Waals surface area contributed by atoms with E-state index in [2.05, 4.69) is 25.6 Å². The van der Waals surface area contributed by atoms with Gasteiger partial charge in [-0.3, -0.25) is 0 Å². The van der Waals surface area contributed by atoms with Gasteiger partial charge in [0.1, 0.15) is 5.82 Å². The monoisotopic (exact) mass is 236 g/mol. The molecule has 0 radical (unpaired) electrons. The molecule has 0 aliphatic heterocycles. The molecule has 0 saturated heterocycles. The molecule has 2 heterocycles. The van der Waals surface area contributed by atoms with Crippen molar-refractivity contribution < 1.29 is 5.11 Å². The molecule has 2 aromatic heterocycles. The minimum atomic E-state index is 0.0781. The number of aliphatic hydroxyl groups excluding tert-OH is 1. The Morgan fingerprint density at radius 2 is 2.41 bits per heavy atom. The molecule has 0 amide bonds. The number of aromatic amines is 1. The quantitative estimate of drug-likeness (QED) is 0.554. The summed E-state index contributed by atoms with van der Waals surface area (Å²) in [6, 6.07) is 0. The Labute approximate surface area is 98.9 Å². The summed E-state index contributed by atoms with van der Waals surface area (Å²) in [4.78, 5) is 7.18. The fourth-order valence-corrected chi connectivity index (χ4v) is 1.49. The van der Waals surface area contributed by atoms with Gasteiger partial charge in [-0.15, -0.1) is 5.10 Å². The predicted octanol–water partition coefficient (Wildman–Crippen LogP) is -0.674. The average Bonchev–Trinajstić information content (AvgIpc) is 2.96. The zero-order valence-corrected chi connectivity index (χ0v) is 9.50. The third kappa shape index (κ3) is 3.65. The van der Waals surface area contributed by atoms with Crippen molar-refractivity contribution in [3.05, 3.63) is 30.1 Å². The minimum Gasteiger partial charge on any atom is -0.394 e. The normalized spacial score (nSPS) is 10.9. The van der Waals surface area contributed by atoms with Crippen molar-refractivity contribution in [2.45, 2.75) is 19.5 Å². The van der Waals surface area contributed by atoms with E-state index in [1.165, 1.54) is 0 Å². The van der Waals surface area contributed by atoms with E-state index in [9.17, 15) is 0 Å². The Hall–Kier alpha value is -1.73. The van der Waals surface area contributed by atoms with Crippen LogP contribution in [-0.4, -0.2) is 43.2 Å². The third-order valence-corrected chi connectivity index (χ3v) is 2.31. The van der Waals surface area contributed by atoms with E-state index in [0.29, 0.717) is 13.1 Å². The fourth-order valence-electron chi connectivity index (χ4n) is 1.49. The number of hydrogen-bond acceptors (Lipinski definition) is 5. The summed E-state index contributed by atoms with van der Waals surface area (Å²) in [7, 11) is 0. The van der Waals surface area contributed by atoms with Crippen LogP contribution in [0.4, 0.5) is 0 Å². The summed E-state index contributed by atoms with van der Waals surface area (Å²) < 4.78 is 1.63. The van der Waals surface area contributed by atoms with Crippen LogP contribution in [0.2, 0.25) is 0 Å². The molecule has 0 spiro atoms. The van der Waals surface area contributed by atoms with Gasteiger partial charge in [-0.05, 0) is 0 Å². The van der Waals surface area contributed by atoms with E-state index in [0.717, 1.165) is 24.5 Å². The van der Waals surface area contributed by atoms with Crippen LogP contribution in [-0.2, 0) is 19.5 Å². The molecule has 0 unspecified atom stereocenters. The van der Waals surface area contributed by atoms with Crippen molar-refractivity contribution in [1.29, 1.82) is 0 Å². The zero-order chi connectivity index (χ0) is 11.9. The first-order valence-corrected chi connectivity index (χ1v) is 5.57. The lowest BCUT2D eigenvalue weighted by Gasteiger charge is -1.99. The first-order valence-electron chi connectivity index (χ1n) is 5.57. The van der Waals surface area contributed by atoms with Gasteiger partial charge >= 0.3 is 0 Å². The first kappa shape index (κ1) is 11.7. The first-order chi connectivity index (χ1) is 8.38. The molecular weight excluding hydrogens is 220 g/mol. The number of nitrogens with zero attached hydrogens (tertiary/aromatic N) is 4. The van der Waals surface area contributed by atoms with Crippen molar-refractivity contribution in [3.63, 3.8) is 0 Å². The van der Waals surface area contributed by atoms with Gasteiger partial charge in [0.25, 0.3) is 0 Å². The molecule has 0 aliphatic carbocycles. The summed E-state index contributed by atoms with van der Waals surface area (Å²) >= 11 is 0. The number of imidazole rings is 1. The van der Waals surface area contributed by atoms with E-state index in [1.54, 1.807) is 10.9 Å². The van der Waals surface area contributed by atoms with Gasteiger partial charge in [-0.2, -0.15) is 0 Å². The van der Waals surface area contributed by atoms with Crippen molar-refractivity contribution in [3.8, 4) is 0 Å². The Morgan fingerprint density at radius 1 is 1.47 bits per heavy atom. The van der Waals surface area contributed by atoms with Crippen LogP contribution in [0.25, 0.3) is 0 Å².